The molecule has 1 aromatic carbocycles. The van der Waals surface area contributed by atoms with Crippen LogP contribution >= 0.6 is 35.3 Å². The third kappa shape index (κ3) is 8.22. The summed E-state index contributed by atoms with van der Waals surface area (Å²) in [5, 5.41) is 7.96. The number of rotatable bonds is 8. The van der Waals surface area contributed by atoms with E-state index in [1.807, 2.05) is 13.2 Å². The molecule has 5 nitrogen and oxygen atoms in total. The van der Waals surface area contributed by atoms with Gasteiger partial charge in [-0.05, 0) is 43.5 Å². The lowest BCUT2D eigenvalue weighted by Gasteiger charge is -2.26. The van der Waals surface area contributed by atoms with Gasteiger partial charge in [0.25, 0.3) is 0 Å². The number of piperidine rings is 1. The summed E-state index contributed by atoms with van der Waals surface area (Å²) in [7, 11) is 1.82. The van der Waals surface area contributed by atoms with Crippen LogP contribution in [0.4, 0.5) is 0 Å². The standard InChI is InChI=1S/C22H33N5S.HI/c1-3-20-16-25-21(28-20)11-12-24-22(23-2)26-15-18-7-9-19(10-8-18)17-27-13-5-4-6-14-27;/h7-10,16H,3-6,11-15,17H2,1-2H3,(H2,23,24,26);1H. The fraction of sp³-hybridized carbons (Fsp3) is 0.545. The van der Waals surface area contributed by atoms with Gasteiger partial charge in [0.15, 0.2) is 5.96 Å². The van der Waals surface area contributed by atoms with E-state index >= 15 is 0 Å². The first-order valence-corrected chi connectivity index (χ1v) is 11.3. The molecule has 0 bridgehead atoms. The van der Waals surface area contributed by atoms with Crippen molar-refractivity contribution in [1.82, 2.24) is 20.5 Å². The number of nitrogens with zero attached hydrogens (tertiary/aromatic N) is 3. The zero-order chi connectivity index (χ0) is 19.6. The average Bonchev–Trinajstić information content (AvgIpc) is 3.20. The van der Waals surface area contributed by atoms with Crippen LogP contribution in [0.15, 0.2) is 35.5 Å². The maximum atomic E-state index is 4.47. The Hall–Kier alpha value is -1.19. The molecule has 2 N–H and O–H groups in total. The monoisotopic (exact) mass is 527 g/mol. The predicted octanol–water partition coefficient (Wildman–Crippen LogP) is 4.22. The second-order valence-corrected chi connectivity index (χ2v) is 8.53. The fourth-order valence-electron chi connectivity index (χ4n) is 3.46. The van der Waals surface area contributed by atoms with Crippen molar-refractivity contribution in [2.24, 2.45) is 4.99 Å². The van der Waals surface area contributed by atoms with Crippen molar-refractivity contribution < 1.29 is 0 Å². The van der Waals surface area contributed by atoms with Crippen molar-refractivity contribution in [3.8, 4) is 0 Å². The van der Waals surface area contributed by atoms with Crippen molar-refractivity contribution in [2.45, 2.75) is 52.1 Å². The number of nitrogens with one attached hydrogen (secondary N) is 2. The van der Waals surface area contributed by atoms with Crippen molar-refractivity contribution in [1.29, 1.82) is 0 Å². The van der Waals surface area contributed by atoms with Gasteiger partial charge in [0.1, 0.15) is 0 Å². The number of benzene rings is 1. The maximum absolute atomic E-state index is 4.47. The summed E-state index contributed by atoms with van der Waals surface area (Å²) in [5.41, 5.74) is 2.68. The van der Waals surface area contributed by atoms with Gasteiger partial charge in [-0.2, -0.15) is 0 Å². The largest absolute Gasteiger partial charge is 0.356 e. The van der Waals surface area contributed by atoms with E-state index in [0.717, 1.165) is 38.4 Å². The molecule has 1 fully saturated rings. The second-order valence-electron chi connectivity index (χ2n) is 7.33. The first kappa shape index (κ1) is 24.1. The van der Waals surface area contributed by atoms with Gasteiger partial charge in [-0.3, -0.25) is 9.89 Å². The maximum Gasteiger partial charge on any atom is 0.191 e. The average molecular weight is 528 g/mol. The SMILES string of the molecule is CCc1cnc(CCNC(=NC)NCc2ccc(CN3CCCCC3)cc2)s1.I. The van der Waals surface area contributed by atoms with Gasteiger partial charge < -0.3 is 10.6 Å². The van der Waals surface area contributed by atoms with E-state index in [9.17, 15) is 0 Å². The minimum atomic E-state index is 0. The Morgan fingerprint density at radius 1 is 1.10 bits per heavy atom. The molecular formula is C22H34IN5S. The molecule has 1 aromatic heterocycles. The number of hydrogen-bond donors (Lipinski definition) is 2. The molecule has 2 heterocycles. The Labute approximate surface area is 196 Å². The van der Waals surface area contributed by atoms with Gasteiger partial charge in [0.05, 0.1) is 5.01 Å². The molecule has 1 saturated heterocycles. The Morgan fingerprint density at radius 3 is 2.48 bits per heavy atom. The van der Waals surface area contributed by atoms with Crippen molar-refractivity contribution in [3.05, 3.63) is 51.5 Å². The Bertz CT molecular complexity index is 738. The van der Waals surface area contributed by atoms with Crippen LogP contribution in [-0.2, 0) is 25.9 Å². The Morgan fingerprint density at radius 2 is 1.83 bits per heavy atom. The second kappa shape index (κ2) is 13.2. The topological polar surface area (TPSA) is 52.6 Å². The lowest BCUT2D eigenvalue weighted by molar-refractivity contribution is 0.221. The van der Waals surface area contributed by atoms with Crippen molar-refractivity contribution in [3.63, 3.8) is 0 Å². The summed E-state index contributed by atoms with van der Waals surface area (Å²) < 4.78 is 0. The van der Waals surface area contributed by atoms with Crippen LogP contribution in [0, 0.1) is 0 Å². The van der Waals surface area contributed by atoms with E-state index in [1.54, 1.807) is 11.3 Å². The van der Waals surface area contributed by atoms with E-state index in [2.05, 4.69) is 56.7 Å². The lowest BCUT2D eigenvalue weighted by atomic mass is 10.1. The van der Waals surface area contributed by atoms with Crippen LogP contribution in [0.25, 0.3) is 0 Å². The minimum Gasteiger partial charge on any atom is -0.356 e. The van der Waals surface area contributed by atoms with Crippen LogP contribution in [-0.4, -0.2) is 42.5 Å². The predicted molar refractivity (Wildman–Crippen MR) is 134 cm³/mol. The molecule has 0 radical (unpaired) electrons. The number of halogens is 1. The van der Waals surface area contributed by atoms with Crippen LogP contribution in [0.5, 0.6) is 0 Å². The van der Waals surface area contributed by atoms with Crippen LogP contribution in [0.2, 0.25) is 0 Å². The number of hydrogen-bond acceptors (Lipinski definition) is 4. The van der Waals surface area contributed by atoms with Gasteiger partial charge in [0, 0.05) is 44.2 Å². The lowest BCUT2D eigenvalue weighted by Crippen LogP contribution is -2.37. The van der Waals surface area contributed by atoms with Gasteiger partial charge >= 0.3 is 0 Å². The molecule has 160 valence electrons. The molecule has 0 amide bonds. The fourth-order valence-corrected chi connectivity index (χ4v) is 4.32. The van der Waals surface area contributed by atoms with E-state index in [-0.39, 0.29) is 24.0 Å². The summed E-state index contributed by atoms with van der Waals surface area (Å²) in [5.74, 6) is 0.838. The molecule has 29 heavy (non-hydrogen) atoms. The summed E-state index contributed by atoms with van der Waals surface area (Å²) in [6.07, 6.45) is 8.05. The number of guanidine groups is 1. The van der Waals surface area contributed by atoms with Crippen molar-refractivity contribution >= 4 is 41.3 Å². The van der Waals surface area contributed by atoms with E-state index in [0.29, 0.717) is 0 Å². The van der Waals surface area contributed by atoms with E-state index in [1.165, 1.54) is 53.4 Å². The van der Waals surface area contributed by atoms with Crippen LogP contribution in [0.3, 0.4) is 0 Å². The molecule has 0 spiro atoms. The molecule has 0 aliphatic carbocycles. The van der Waals surface area contributed by atoms with Crippen LogP contribution in [0.1, 0.15) is 47.2 Å². The van der Waals surface area contributed by atoms with Gasteiger partial charge in [-0.25, -0.2) is 4.98 Å². The molecule has 0 atom stereocenters. The first-order valence-electron chi connectivity index (χ1n) is 10.4. The highest BCUT2D eigenvalue weighted by molar-refractivity contribution is 14.0. The summed E-state index contributed by atoms with van der Waals surface area (Å²) in [4.78, 5) is 12.7. The Balaban J connectivity index is 0.00000300. The normalized spacial score (nSPS) is 15.0. The highest BCUT2D eigenvalue weighted by Crippen LogP contribution is 2.14. The van der Waals surface area contributed by atoms with Gasteiger partial charge in [0.2, 0.25) is 0 Å². The minimum absolute atomic E-state index is 0. The molecule has 2 aromatic rings. The quantitative estimate of drug-likeness (QED) is 0.307. The first-order chi connectivity index (χ1) is 13.8. The molecule has 1 aliphatic rings. The molecule has 1 aliphatic heterocycles. The van der Waals surface area contributed by atoms with E-state index in [4.69, 9.17) is 0 Å². The molecule has 7 heteroatoms. The molecule has 0 saturated carbocycles. The zero-order valence-electron chi connectivity index (χ0n) is 17.6. The number of aromatic nitrogens is 1. The van der Waals surface area contributed by atoms with Gasteiger partial charge in [-0.15, -0.1) is 35.3 Å². The summed E-state index contributed by atoms with van der Waals surface area (Å²) in [6, 6.07) is 8.97. The smallest absolute Gasteiger partial charge is 0.191 e. The Kier molecular flexibility index (Phi) is 10.9. The molecule has 0 unspecified atom stereocenters. The molecule has 3 rings (SSSR count). The summed E-state index contributed by atoms with van der Waals surface area (Å²) in [6.45, 7) is 7.35. The highest BCUT2D eigenvalue weighted by atomic mass is 127. The number of aliphatic imine (C=N–C) groups is 1. The van der Waals surface area contributed by atoms with E-state index < -0.39 is 0 Å². The van der Waals surface area contributed by atoms with Gasteiger partial charge in [-0.1, -0.05) is 37.6 Å². The van der Waals surface area contributed by atoms with Crippen LogP contribution < -0.4 is 10.6 Å². The zero-order valence-corrected chi connectivity index (χ0v) is 20.8. The number of thiazole rings is 1. The number of aryl methyl sites for hydroxylation is 1. The van der Waals surface area contributed by atoms with Crippen molar-refractivity contribution in [2.75, 3.05) is 26.7 Å². The summed E-state index contributed by atoms with van der Waals surface area (Å²) >= 11 is 1.80. The highest BCUT2D eigenvalue weighted by Gasteiger charge is 2.10. The third-order valence-corrected chi connectivity index (χ3v) is 6.34. The number of likely N-dealkylation sites (tertiary alicyclic amines) is 1. The third-order valence-electron chi connectivity index (χ3n) is 5.14. The molecular weight excluding hydrogens is 493 g/mol.